The molecule has 23 heavy (non-hydrogen) atoms. The van der Waals surface area contributed by atoms with Crippen LogP contribution >= 0.6 is 0 Å². The molecule has 0 radical (unpaired) electrons. The van der Waals surface area contributed by atoms with Crippen LogP contribution in [0.3, 0.4) is 0 Å². The Morgan fingerprint density at radius 3 is 2.22 bits per heavy atom. The summed E-state index contributed by atoms with van der Waals surface area (Å²) in [5.74, 6) is 0.266. The zero-order valence-electron chi connectivity index (χ0n) is 12.4. The van der Waals surface area contributed by atoms with E-state index in [-0.39, 0.29) is 5.75 Å². The lowest BCUT2D eigenvalue weighted by atomic mass is 10.1. The predicted molar refractivity (Wildman–Crippen MR) is 84.6 cm³/mol. The molecule has 2 aromatic carbocycles. The van der Waals surface area contributed by atoms with E-state index in [9.17, 15) is 20.2 Å². The van der Waals surface area contributed by atoms with Crippen LogP contribution in [0.25, 0.3) is 0 Å². The lowest BCUT2D eigenvalue weighted by molar-refractivity contribution is -0.422. The van der Waals surface area contributed by atoms with Crippen LogP contribution in [0.15, 0.2) is 48.5 Å². The predicted octanol–water partition coefficient (Wildman–Crippen LogP) is 3.90. The van der Waals surface area contributed by atoms with Crippen LogP contribution in [0.2, 0.25) is 0 Å². The molecule has 0 saturated heterocycles. The topological polar surface area (TPSA) is 95.5 Å². The first kappa shape index (κ1) is 16.4. The molecule has 0 atom stereocenters. The molecule has 0 spiro atoms. The maximum absolute atomic E-state index is 10.9. The highest BCUT2D eigenvalue weighted by Gasteiger charge is 2.24. The van der Waals surface area contributed by atoms with Gasteiger partial charge in [-0.1, -0.05) is 30.3 Å². The fourth-order valence-electron chi connectivity index (χ4n) is 2.16. The Morgan fingerprint density at radius 1 is 0.870 bits per heavy atom. The Balaban J connectivity index is 1.85. The molecule has 2 rings (SSSR count). The molecule has 0 saturated carbocycles. The van der Waals surface area contributed by atoms with E-state index in [1.807, 2.05) is 18.2 Å². The lowest BCUT2D eigenvalue weighted by Crippen LogP contribution is -2.01. The van der Waals surface area contributed by atoms with E-state index in [2.05, 4.69) is 12.1 Å². The average Bonchev–Trinajstić information content (AvgIpc) is 2.55. The molecular formula is C16H16N2O5. The molecule has 0 unspecified atom stereocenters. The van der Waals surface area contributed by atoms with Crippen molar-refractivity contribution in [2.45, 2.75) is 19.3 Å². The highest BCUT2D eigenvalue weighted by Crippen LogP contribution is 2.30. The standard InChI is InChI=1S/C16H16N2O5/c19-17(20)15-10-9-14(12-16(15)18(21)22)23-11-5-4-8-13-6-2-1-3-7-13/h1-3,6-7,9-10,12H,4-5,8,11H2. The van der Waals surface area contributed by atoms with Gasteiger partial charge in [0.25, 0.3) is 0 Å². The van der Waals surface area contributed by atoms with E-state index < -0.39 is 21.2 Å². The third-order valence-electron chi connectivity index (χ3n) is 3.31. The molecule has 0 aromatic heterocycles. The molecule has 7 heteroatoms. The maximum atomic E-state index is 10.9. The van der Waals surface area contributed by atoms with Gasteiger partial charge in [0.05, 0.1) is 22.5 Å². The second-order valence-electron chi connectivity index (χ2n) is 4.96. The van der Waals surface area contributed by atoms with Crippen molar-refractivity contribution in [3.63, 3.8) is 0 Å². The number of hydrogen-bond acceptors (Lipinski definition) is 5. The number of unbranched alkanes of at least 4 members (excludes halogenated alkanes) is 1. The Labute approximate surface area is 132 Å². The zero-order chi connectivity index (χ0) is 16.7. The van der Waals surface area contributed by atoms with Crippen molar-refractivity contribution in [2.75, 3.05) is 6.61 Å². The summed E-state index contributed by atoms with van der Waals surface area (Å²) in [4.78, 5) is 20.0. The number of hydrogen-bond donors (Lipinski definition) is 0. The molecule has 0 aliphatic carbocycles. The summed E-state index contributed by atoms with van der Waals surface area (Å²) in [6.45, 7) is 0.405. The van der Waals surface area contributed by atoms with Gasteiger partial charge in [0.15, 0.2) is 0 Å². The Morgan fingerprint density at radius 2 is 1.57 bits per heavy atom. The van der Waals surface area contributed by atoms with Crippen molar-refractivity contribution in [1.82, 2.24) is 0 Å². The summed E-state index contributed by atoms with van der Waals surface area (Å²) >= 11 is 0. The Bertz CT molecular complexity index is 688. The van der Waals surface area contributed by atoms with Gasteiger partial charge < -0.3 is 4.74 Å². The van der Waals surface area contributed by atoms with E-state index in [1.165, 1.54) is 11.6 Å². The number of ether oxygens (including phenoxy) is 1. The van der Waals surface area contributed by atoms with E-state index in [1.54, 1.807) is 0 Å². The zero-order valence-corrected chi connectivity index (χ0v) is 12.4. The van der Waals surface area contributed by atoms with Gasteiger partial charge in [-0.25, -0.2) is 0 Å². The fraction of sp³-hybridized carbons (Fsp3) is 0.250. The van der Waals surface area contributed by atoms with Gasteiger partial charge in [-0.2, -0.15) is 0 Å². The van der Waals surface area contributed by atoms with Gasteiger partial charge in [-0.15, -0.1) is 0 Å². The molecule has 0 fully saturated rings. The highest BCUT2D eigenvalue weighted by molar-refractivity contribution is 5.55. The van der Waals surface area contributed by atoms with Crippen LogP contribution in [0.4, 0.5) is 11.4 Å². The minimum Gasteiger partial charge on any atom is -0.493 e. The SMILES string of the molecule is O=[N+]([O-])c1ccc(OCCCCc2ccccc2)cc1[N+](=O)[O-]. The normalized spacial score (nSPS) is 10.3. The monoisotopic (exact) mass is 316 g/mol. The minimum atomic E-state index is -0.777. The number of rotatable bonds is 8. The maximum Gasteiger partial charge on any atom is 0.349 e. The van der Waals surface area contributed by atoms with Crippen LogP contribution in [-0.2, 0) is 6.42 Å². The summed E-state index contributed by atoms with van der Waals surface area (Å²) in [6.07, 6.45) is 2.66. The molecule has 0 aliphatic rings. The number of aryl methyl sites for hydroxylation is 1. The van der Waals surface area contributed by atoms with Crippen molar-refractivity contribution in [3.8, 4) is 5.75 Å². The second kappa shape index (κ2) is 7.88. The first-order valence-electron chi connectivity index (χ1n) is 7.17. The molecule has 0 amide bonds. The van der Waals surface area contributed by atoms with Crippen molar-refractivity contribution in [1.29, 1.82) is 0 Å². The van der Waals surface area contributed by atoms with Gasteiger partial charge in [0, 0.05) is 6.07 Å². The first-order valence-corrected chi connectivity index (χ1v) is 7.17. The first-order chi connectivity index (χ1) is 11.1. The summed E-state index contributed by atoms with van der Waals surface area (Å²) in [7, 11) is 0. The van der Waals surface area contributed by atoms with Crippen LogP contribution < -0.4 is 4.74 Å². The fourth-order valence-corrected chi connectivity index (χ4v) is 2.16. The van der Waals surface area contributed by atoms with Crippen LogP contribution in [-0.4, -0.2) is 16.5 Å². The van der Waals surface area contributed by atoms with E-state index in [0.717, 1.165) is 31.4 Å². The molecule has 0 aliphatic heterocycles. The Hall–Kier alpha value is -2.96. The van der Waals surface area contributed by atoms with E-state index >= 15 is 0 Å². The number of nitro groups is 2. The number of nitrogens with zero attached hydrogens (tertiary/aromatic N) is 2. The number of nitro benzene ring substituents is 2. The van der Waals surface area contributed by atoms with Crippen molar-refractivity contribution in [3.05, 3.63) is 74.3 Å². The second-order valence-corrected chi connectivity index (χ2v) is 4.96. The molecule has 7 nitrogen and oxygen atoms in total. The van der Waals surface area contributed by atoms with Crippen molar-refractivity contribution in [2.24, 2.45) is 0 Å². The third kappa shape index (κ3) is 4.77. The lowest BCUT2D eigenvalue weighted by Gasteiger charge is -2.06. The average molecular weight is 316 g/mol. The molecular weight excluding hydrogens is 300 g/mol. The van der Waals surface area contributed by atoms with E-state index in [0.29, 0.717) is 6.61 Å². The molecule has 0 N–H and O–H groups in total. The molecule has 0 bridgehead atoms. The van der Waals surface area contributed by atoms with Gasteiger partial charge in [0.1, 0.15) is 5.75 Å². The van der Waals surface area contributed by atoms with Crippen LogP contribution in [0, 0.1) is 20.2 Å². The third-order valence-corrected chi connectivity index (χ3v) is 3.31. The minimum absolute atomic E-state index is 0.266. The van der Waals surface area contributed by atoms with Crippen LogP contribution in [0.5, 0.6) is 5.75 Å². The molecule has 120 valence electrons. The summed E-state index contributed by atoms with van der Waals surface area (Å²) in [5.41, 5.74) is 0.154. The van der Waals surface area contributed by atoms with Gasteiger partial charge >= 0.3 is 11.4 Å². The smallest absolute Gasteiger partial charge is 0.349 e. The highest BCUT2D eigenvalue weighted by atomic mass is 16.6. The largest absolute Gasteiger partial charge is 0.493 e. The Kier molecular flexibility index (Phi) is 5.62. The van der Waals surface area contributed by atoms with Gasteiger partial charge in [0.2, 0.25) is 0 Å². The summed E-state index contributed by atoms with van der Waals surface area (Å²) in [5, 5.41) is 21.6. The van der Waals surface area contributed by atoms with Gasteiger partial charge in [-0.05, 0) is 30.9 Å². The molecule has 0 heterocycles. The van der Waals surface area contributed by atoms with Crippen molar-refractivity contribution < 1.29 is 14.6 Å². The summed E-state index contributed by atoms with van der Waals surface area (Å²) in [6, 6.07) is 13.6. The number of benzene rings is 2. The van der Waals surface area contributed by atoms with Gasteiger partial charge in [-0.3, -0.25) is 20.2 Å². The summed E-state index contributed by atoms with van der Waals surface area (Å²) < 4.78 is 5.44. The quantitative estimate of drug-likeness (QED) is 0.418. The van der Waals surface area contributed by atoms with Crippen LogP contribution in [0.1, 0.15) is 18.4 Å². The van der Waals surface area contributed by atoms with Crippen molar-refractivity contribution >= 4 is 11.4 Å². The van der Waals surface area contributed by atoms with E-state index in [4.69, 9.17) is 4.74 Å². The molecule has 2 aromatic rings.